The van der Waals surface area contributed by atoms with Crippen LogP contribution in [0, 0.1) is 24.7 Å². The Morgan fingerprint density at radius 3 is 2.62 bits per heavy atom. The molecule has 0 radical (unpaired) electrons. The van der Waals surface area contributed by atoms with Crippen molar-refractivity contribution in [1.82, 2.24) is 4.57 Å². The van der Waals surface area contributed by atoms with E-state index in [1.807, 2.05) is 0 Å². The lowest BCUT2D eigenvalue weighted by atomic mass is 10.0. The molecule has 1 aliphatic carbocycles. The van der Waals surface area contributed by atoms with Crippen molar-refractivity contribution in [2.45, 2.75) is 51.7 Å². The third-order valence-electron chi connectivity index (χ3n) is 5.11. The lowest BCUT2D eigenvalue weighted by Crippen LogP contribution is -2.24. The number of aromatic nitrogens is 1. The highest BCUT2D eigenvalue weighted by molar-refractivity contribution is 5.67. The highest BCUT2D eigenvalue weighted by atomic mass is 16.5. The monoisotopic (exact) mass is 319 g/mol. The van der Waals surface area contributed by atoms with Gasteiger partial charge in [0, 0.05) is 42.1 Å². The summed E-state index contributed by atoms with van der Waals surface area (Å²) in [6, 6.07) is 10.9. The molecule has 1 aromatic carbocycles. The zero-order chi connectivity index (χ0) is 16.4. The van der Waals surface area contributed by atoms with E-state index in [1.54, 1.807) is 0 Å². The number of ether oxygens (including phenoxy) is 1. The minimum atomic E-state index is 0.373. The van der Waals surface area contributed by atoms with Gasteiger partial charge in [-0.25, -0.2) is 0 Å². The lowest BCUT2D eigenvalue weighted by Gasteiger charge is -2.23. The maximum absolute atomic E-state index is 5.88. The van der Waals surface area contributed by atoms with E-state index in [-0.39, 0.29) is 0 Å². The molecule has 24 heavy (non-hydrogen) atoms. The zero-order valence-electron chi connectivity index (χ0n) is 14.4. The smallest absolute Gasteiger partial charge is 0.0753 e. The van der Waals surface area contributed by atoms with Crippen LogP contribution in [0.25, 0.3) is 11.1 Å². The third-order valence-corrected chi connectivity index (χ3v) is 5.11. The van der Waals surface area contributed by atoms with Crippen LogP contribution in [0.5, 0.6) is 0 Å². The molecule has 0 unspecified atom stereocenters. The first-order valence-electron chi connectivity index (χ1n) is 9.19. The van der Waals surface area contributed by atoms with Gasteiger partial charge in [0.1, 0.15) is 0 Å². The van der Waals surface area contributed by atoms with Gasteiger partial charge in [0.25, 0.3) is 0 Å². The summed E-state index contributed by atoms with van der Waals surface area (Å²) in [5.74, 6) is 7.27. The molecular weight excluding hydrogens is 294 g/mol. The number of hydrogen-bond acceptors (Lipinski definition) is 1. The second-order valence-corrected chi connectivity index (χ2v) is 7.08. The predicted molar refractivity (Wildman–Crippen MR) is 97.8 cm³/mol. The second-order valence-electron chi connectivity index (χ2n) is 7.08. The number of hydrogen-bond donors (Lipinski definition) is 0. The summed E-state index contributed by atoms with van der Waals surface area (Å²) < 4.78 is 8.22. The van der Waals surface area contributed by atoms with E-state index in [9.17, 15) is 0 Å². The van der Waals surface area contributed by atoms with Crippen LogP contribution >= 0.6 is 0 Å². The summed E-state index contributed by atoms with van der Waals surface area (Å²) in [6.07, 6.45) is 8.82. The van der Waals surface area contributed by atoms with Crippen molar-refractivity contribution in [3.63, 3.8) is 0 Å². The summed E-state index contributed by atoms with van der Waals surface area (Å²) in [6.45, 7) is 4.09. The molecule has 2 heteroatoms. The van der Waals surface area contributed by atoms with Crippen LogP contribution in [0.15, 0.2) is 36.5 Å². The van der Waals surface area contributed by atoms with Crippen LogP contribution in [0.3, 0.4) is 0 Å². The summed E-state index contributed by atoms with van der Waals surface area (Å²) in [5, 5.41) is 0. The van der Waals surface area contributed by atoms with Crippen molar-refractivity contribution in [3.05, 3.63) is 47.8 Å². The van der Waals surface area contributed by atoms with Gasteiger partial charge in [0.2, 0.25) is 0 Å². The fraction of sp³-hybridized carbons (Fsp3) is 0.455. The molecule has 0 N–H and O–H groups in total. The Morgan fingerprint density at radius 2 is 1.92 bits per heavy atom. The Hall–Kier alpha value is -1.98. The van der Waals surface area contributed by atoms with Crippen LogP contribution in [0.4, 0.5) is 0 Å². The van der Waals surface area contributed by atoms with Crippen molar-refractivity contribution in [3.8, 4) is 23.0 Å². The molecule has 2 nitrogen and oxygen atoms in total. The Labute approximate surface area is 144 Å². The van der Waals surface area contributed by atoms with Crippen molar-refractivity contribution in [2.75, 3.05) is 6.61 Å². The molecule has 2 heterocycles. The first-order chi connectivity index (χ1) is 11.8. The van der Waals surface area contributed by atoms with Crippen molar-refractivity contribution in [1.29, 1.82) is 0 Å². The van der Waals surface area contributed by atoms with E-state index in [0.717, 1.165) is 18.7 Å². The summed E-state index contributed by atoms with van der Waals surface area (Å²) >= 11 is 0. The molecule has 1 saturated heterocycles. The highest BCUT2D eigenvalue weighted by Gasteiger charge is 2.18. The van der Waals surface area contributed by atoms with Gasteiger partial charge in [0.15, 0.2) is 0 Å². The Kier molecular flexibility index (Phi) is 4.45. The first kappa shape index (κ1) is 15.5. The SMILES string of the molecule is Cc1c(-c2ccc(C#CC3CC3)cc2)ccn1C[C@@H]1CCCCO1. The van der Waals surface area contributed by atoms with Gasteiger partial charge in [-0.3, -0.25) is 0 Å². The number of benzene rings is 1. The van der Waals surface area contributed by atoms with Crippen molar-refractivity contribution in [2.24, 2.45) is 5.92 Å². The van der Waals surface area contributed by atoms with Gasteiger partial charge in [0.05, 0.1) is 6.10 Å². The standard InChI is InChI=1S/C22H25NO/c1-17-22(13-14-23(17)16-21-4-2-3-15-24-21)20-11-9-19(10-12-20)8-7-18-5-6-18/h9-14,18,21H,2-6,15-16H2,1H3/t21-/m0/s1. The Balaban J connectivity index is 1.48. The second kappa shape index (κ2) is 6.87. The van der Waals surface area contributed by atoms with Crippen LogP contribution in [0.2, 0.25) is 0 Å². The molecule has 2 aromatic rings. The molecule has 0 amide bonds. The van der Waals surface area contributed by atoms with E-state index < -0.39 is 0 Å². The lowest BCUT2D eigenvalue weighted by molar-refractivity contribution is 0.00577. The van der Waals surface area contributed by atoms with Crippen molar-refractivity contribution >= 4 is 0 Å². The zero-order valence-corrected chi connectivity index (χ0v) is 14.4. The van der Waals surface area contributed by atoms with E-state index in [4.69, 9.17) is 4.74 Å². The van der Waals surface area contributed by atoms with Crippen LogP contribution in [-0.2, 0) is 11.3 Å². The molecule has 0 bridgehead atoms. The average Bonchev–Trinajstić information content (AvgIpc) is 3.39. The van der Waals surface area contributed by atoms with E-state index in [1.165, 1.54) is 48.9 Å². The normalized spacial score (nSPS) is 20.5. The molecule has 4 rings (SSSR count). The van der Waals surface area contributed by atoms with Gasteiger partial charge in [-0.1, -0.05) is 24.0 Å². The Morgan fingerprint density at radius 1 is 1.08 bits per heavy atom. The minimum absolute atomic E-state index is 0.373. The highest BCUT2D eigenvalue weighted by Crippen LogP contribution is 2.28. The molecule has 1 aromatic heterocycles. The molecule has 1 saturated carbocycles. The topological polar surface area (TPSA) is 14.2 Å². The summed E-state index contributed by atoms with van der Waals surface area (Å²) in [7, 11) is 0. The molecule has 1 atom stereocenters. The maximum atomic E-state index is 5.88. The van der Waals surface area contributed by atoms with Crippen molar-refractivity contribution < 1.29 is 4.74 Å². The summed E-state index contributed by atoms with van der Waals surface area (Å²) in [5.41, 5.74) is 5.03. The van der Waals surface area contributed by atoms with Crippen LogP contribution in [0.1, 0.15) is 43.4 Å². The number of rotatable bonds is 3. The van der Waals surface area contributed by atoms with Crippen LogP contribution in [-0.4, -0.2) is 17.3 Å². The van der Waals surface area contributed by atoms with Gasteiger partial charge >= 0.3 is 0 Å². The fourth-order valence-corrected chi connectivity index (χ4v) is 3.37. The molecule has 2 aliphatic rings. The minimum Gasteiger partial charge on any atom is -0.376 e. The Bertz CT molecular complexity index is 750. The van der Waals surface area contributed by atoms with E-state index >= 15 is 0 Å². The molecule has 0 spiro atoms. The quantitative estimate of drug-likeness (QED) is 0.742. The van der Waals surface area contributed by atoms with Gasteiger partial charge in [-0.05, 0) is 62.8 Å². The van der Waals surface area contributed by atoms with Gasteiger partial charge < -0.3 is 9.30 Å². The number of nitrogens with zero attached hydrogens (tertiary/aromatic N) is 1. The van der Waals surface area contributed by atoms with Gasteiger partial charge in [-0.2, -0.15) is 0 Å². The molecule has 1 aliphatic heterocycles. The van der Waals surface area contributed by atoms with E-state index in [2.05, 4.69) is 59.9 Å². The third kappa shape index (κ3) is 3.57. The molecule has 124 valence electrons. The first-order valence-corrected chi connectivity index (χ1v) is 9.19. The molecule has 2 fully saturated rings. The van der Waals surface area contributed by atoms with E-state index in [0.29, 0.717) is 12.0 Å². The largest absolute Gasteiger partial charge is 0.376 e. The van der Waals surface area contributed by atoms with Gasteiger partial charge in [-0.15, -0.1) is 0 Å². The fourth-order valence-electron chi connectivity index (χ4n) is 3.37. The summed E-state index contributed by atoms with van der Waals surface area (Å²) in [4.78, 5) is 0. The van der Waals surface area contributed by atoms with Crippen LogP contribution < -0.4 is 0 Å². The maximum Gasteiger partial charge on any atom is 0.0753 e. The predicted octanol–water partition coefficient (Wildman–Crippen LogP) is 4.79. The molecular formula is C22H25NO. The average molecular weight is 319 g/mol.